The molecule has 1 N–H and O–H groups in total. The van der Waals surface area contributed by atoms with Crippen molar-refractivity contribution in [2.75, 3.05) is 19.8 Å². The molecule has 0 aliphatic carbocycles. The van der Waals surface area contributed by atoms with Gasteiger partial charge in [0.15, 0.2) is 0 Å². The Morgan fingerprint density at radius 1 is 0.931 bits per heavy atom. The zero-order valence-corrected chi connectivity index (χ0v) is 16.9. The number of benzene rings is 2. The summed E-state index contributed by atoms with van der Waals surface area (Å²) in [5.74, 6) is 1.13. The summed E-state index contributed by atoms with van der Waals surface area (Å²) < 4.78 is 11.0. The number of nitrogens with one attached hydrogen (secondary N) is 1. The van der Waals surface area contributed by atoms with Gasteiger partial charge in [-0.15, -0.1) is 10.2 Å². The van der Waals surface area contributed by atoms with E-state index in [1.807, 2.05) is 69.3 Å². The normalized spacial score (nSPS) is 10.4. The van der Waals surface area contributed by atoms with E-state index in [-0.39, 0.29) is 5.91 Å². The molecule has 0 saturated heterocycles. The van der Waals surface area contributed by atoms with Gasteiger partial charge < -0.3 is 14.8 Å². The van der Waals surface area contributed by atoms with Crippen molar-refractivity contribution in [2.24, 2.45) is 0 Å². The van der Waals surface area contributed by atoms with E-state index in [0.717, 1.165) is 28.1 Å². The lowest BCUT2D eigenvalue weighted by Gasteiger charge is -2.09. The van der Waals surface area contributed by atoms with Gasteiger partial charge in [-0.3, -0.25) is 4.79 Å². The topological polar surface area (TPSA) is 73.3 Å². The first-order valence-corrected chi connectivity index (χ1v) is 9.61. The maximum absolute atomic E-state index is 12.2. The van der Waals surface area contributed by atoms with Crippen molar-refractivity contribution in [3.63, 3.8) is 0 Å². The SMILES string of the molecule is CCOc1ccc(-c2ccc(OCCNC(=O)c3cc(C)cc(C)c3)nn2)cc1. The zero-order valence-electron chi connectivity index (χ0n) is 16.9. The third-order valence-electron chi connectivity index (χ3n) is 4.22. The molecule has 0 atom stereocenters. The van der Waals surface area contributed by atoms with Crippen LogP contribution < -0.4 is 14.8 Å². The summed E-state index contributed by atoms with van der Waals surface area (Å²) in [5, 5.41) is 11.2. The van der Waals surface area contributed by atoms with E-state index in [1.54, 1.807) is 6.07 Å². The van der Waals surface area contributed by atoms with Crippen LogP contribution in [0.4, 0.5) is 0 Å². The van der Waals surface area contributed by atoms with Gasteiger partial charge >= 0.3 is 0 Å². The van der Waals surface area contributed by atoms with E-state index < -0.39 is 0 Å². The molecule has 0 fully saturated rings. The van der Waals surface area contributed by atoms with Crippen molar-refractivity contribution < 1.29 is 14.3 Å². The lowest BCUT2D eigenvalue weighted by Crippen LogP contribution is -2.28. The molecule has 6 heteroatoms. The molecule has 6 nitrogen and oxygen atoms in total. The summed E-state index contributed by atoms with van der Waals surface area (Å²) in [6, 6.07) is 17.1. The monoisotopic (exact) mass is 391 g/mol. The molecule has 2 aromatic carbocycles. The van der Waals surface area contributed by atoms with Crippen LogP contribution in [0.5, 0.6) is 11.6 Å². The molecule has 150 valence electrons. The summed E-state index contributed by atoms with van der Waals surface area (Å²) in [6.45, 7) is 7.23. The predicted octanol–water partition coefficient (Wildman–Crippen LogP) is 3.97. The number of ether oxygens (including phenoxy) is 2. The predicted molar refractivity (Wildman–Crippen MR) is 112 cm³/mol. The minimum absolute atomic E-state index is 0.114. The van der Waals surface area contributed by atoms with Crippen LogP contribution in [0.15, 0.2) is 54.6 Å². The molecule has 0 unspecified atom stereocenters. The molecule has 3 aromatic rings. The second-order valence-electron chi connectivity index (χ2n) is 6.69. The first-order valence-electron chi connectivity index (χ1n) is 9.61. The van der Waals surface area contributed by atoms with Crippen molar-refractivity contribution in [3.05, 3.63) is 71.3 Å². The number of hydrogen-bond donors (Lipinski definition) is 1. The third-order valence-corrected chi connectivity index (χ3v) is 4.22. The molecule has 29 heavy (non-hydrogen) atoms. The fourth-order valence-corrected chi connectivity index (χ4v) is 2.97. The quantitative estimate of drug-likeness (QED) is 0.588. The smallest absolute Gasteiger partial charge is 0.251 e. The molecule has 3 rings (SSSR count). The van der Waals surface area contributed by atoms with E-state index in [0.29, 0.717) is 31.2 Å². The standard InChI is InChI=1S/C23H25N3O3/c1-4-28-20-7-5-18(6-8-20)21-9-10-22(26-25-21)29-12-11-24-23(27)19-14-16(2)13-17(3)15-19/h5-10,13-15H,4,11-12H2,1-3H3,(H,24,27). The van der Waals surface area contributed by atoms with Gasteiger partial charge in [0.2, 0.25) is 5.88 Å². The van der Waals surface area contributed by atoms with Crippen LogP contribution in [0, 0.1) is 13.8 Å². The fourth-order valence-electron chi connectivity index (χ4n) is 2.97. The van der Waals surface area contributed by atoms with Gasteiger partial charge in [0.05, 0.1) is 18.8 Å². The average molecular weight is 391 g/mol. The highest BCUT2D eigenvalue weighted by Gasteiger charge is 2.07. The Morgan fingerprint density at radius 3 is 2.28 bits per heavy atom. The van der Waals surface area contributed by atoms with Gasteiger partial charge in [0.25, 0.3) is 5.91 Å². The summed E-state index contributed by atoms with van der Waals surface area (Å²) in [5.41, 5.74) is 4.49. The summed E-state index contributed by atoms with van der Waals surface area (Å²) in [6.07, 6.45) is 0. The van der Waals surface area contributed by atoms with Crippen molar-refractivity contribution in [3.8, 4) is 22.9 Å². The number of amides is 1. The lowest BCUT2D eigenvalue weighted by atomic mass is 10.1. The molecule has 0 spiro atoms. The Hall–Kier alpha value is -3.41. The van der Waals surface area contributed by atoms with Crippen molar-refractivity contribution in [1.82, 2.24) is 15.5 Å². The van der Waals surface area contributed by atoms with E-state index >= 15 is 0 Å². The van der Waals surface area contributed by atoms with Crippen LogP contribution in [0.25, 0.3) is 11.3 Å². The summed E-state index contributed by atoms with van der Waals surface area (Å²) >= 11 is 0. The average Bonchev–Trinajstić information content (AvgIpc) is 2.72. The van der Waals surface area contributed by atoms with Crippen LogP contribution in [-0.4, -0.2) is 35.9 Å². The molecule has 0 aliphatic rings. The largest absolute Gasteiger partial charge is 0.494 e. The molecule has 1 aromatic heterocycles. The highest BCUT2D eigenvalue weighted by molar-refractivity contribution is 5.94. The highest BCUT2D eigenvalue weighted by Crippen LogP contribution is 2.21. The van der Waals surface area contributed by atoms with E-state index in [1.165, 1.54) is 0 Å². The second-order valence-corrected chi connectivity index (χ2v) is 6.69. The Kier molecular flexibility index (Phi) is 6.79. The number of nitrogens with zero attached hydrogens (tertiary/aromatic N) is 2. The lowest BCUT2D eigenvalue weighted by molar-refractivity contribution is 0.0946. The molecular formula is C23H25N3O3. The second kappa shape index (κ2) is 9.68. The Labute approximate surface area is 170 Å². The van der Waals surface area contributed by atoms with Gasteiger partial charge in [-0.2, -0.15) is 0 Å². The number of aryl methyl sites for hydroxylation is 2. The number of aromatic nitrogens is 2. The van der Waals surface area contributed by atoms with Crippen LogP contribution in [-0.2, 0) is 0 Å². The molecule has 1 amide bonds. The first-order chi connectivity index (χ1) is 14.0. The molecule has 0 saturated carbocycles. The molecule has 0 radical (unpaired) electrons. The summed E-state index contributed by atoms with van der Waals surface area (Å²) in [4.78, 5) is 12.2. The first kappa shape index (κ1) is 20.3. The minimum Gasteiger partial charge on any atom is -0.494 e. The number of carbonyl (C=O) groups excluding carboxylic acids is 1. The van der Waals surface area contributed by atoms with Crippen molar-refractivity contribution in [1.29, 1.82) is 0 Å². The zero-order chi connectivity index (χ0) is 20.6. The minimum atomic E-state index is -0.114. The molecular weight excluding hydrogens is 366 g/mol. The Morgan fingerprint density at radius 2 is 1.66 bits per heavy atom. The maximum Gasteiger partial charge on any atom is 0.251 e. The van der Waals surface area contributed by atoms with E-state index in [4.69, 9.17) is 9.47 Å². The van der Waals surface area contributed by atoms with E-state index in [2.05, 4.69) is 15.5 Å². The number of rotatable bonds is 8. The van der Waals surface area contributed by atoms with Gasteiger partial charge in [-0.1, -0.05) is 17.2 Å². The van der Waals surface area contributed by atoms with Crippen molar-refractivity contribution in [2.45, 2.75) is 20.8 Å². The molecule has 1 heterocycles. The number of carbonyl (C=O) groups is 1. The van der Waals surface area contributed by atoms with Crippen LogP contribution in [0.3, 0.4) is 0 Å². The van der Waals surface area contributed by atoms with Gasteiger partial charge in [-0.05, 0) is 63.2 Å². The van der Waals surface area contributed by atoms with Crippen molar-refractivity contribution >= 4 is 5.91 Å². The Bertz CT molecular complexity index is 934. The molecule has 0 bridgehead atoms. The number of hydrogen-bond acceptors (Lipinski definition) is 5. The third kappa shape index (κ3) is 5.78. The maximum atomic E-state index is 12.2. The highest BCUT2D eigenvalue weighted by atomic mass is 16.5. The van der Waals surface area contributed by atoms with Crippen LogP contribution in [0.2, 0.25) is 0 Å². The summed E-state index contributed by atoms with van der Waals surface area (Å²) in [7, 11) is 0. The van der Waals surface area contributed by atoms with Crippen LogP contribution in [0.1, 0.15) is 28.4 Å². The van der Waals surface area contributed by atoms with Gasteiger partial charge in [0, 0.05) is 17.2 Å². The Balaban J connectivity index is 1.48. The van der Waals surface area contributed by atoms with Gasteiger partial charge in [-0.25, -0.2) is 0 Å². The fraction of sp³-hybridized carbons (Fsp3) is 0.261. The molecule has 0 aliphatic heterocycles. The van der Waals surface area contributed by atoms with Crippen LogP contribution >= 0.6 is 0 Å². The van der Waals surface area contributed by atoms with E-state index in [9.17, 15) is 4.79 Å². The van der Waals surface area contributed by atoms with Gasteiger partial charge in [0.1, 0.15) is 12.4 Å².